The third-order valence-corrected chi connectivity index (χ3v) is 2.09. The van der Waals surface area contributed by atoms with E-state index in [2.05, 4.69) is 9.58 Å². The van der Waals surface area contributed by atoms with E-state index < -0.39 is 17.8 Å². The van der Waals surface area contributed by atoms with Gasteiger partial charge in [0.15, 0.2) is 5.79 Å². The van der Waals surface area contributed by atoms with Gasteiger partial charge in [-0.1, -0.05) is 0 Å². The van der Waals surface area contributed by atoms with E-state index in [1.807, 2.05) is 0 Å². The number of hydrogen-bond donors (Lipinski definition) is 0. The summed E-state index contributed by atoms with van der Waals surface area (Å²) in [6.45, 7) is 9.59. The van der Waals surface area contributed by atoms with Crippen LogP contribution in [0.4, 0.5) is 0 Å². The molecule has 14 heavy (non-hydrogen) atoms. The molecule has 1 aliphatic heterocycles. The van der Waals surface area contributed by atoms with Crippen LogP contribution in [0.15, 0.2) is 0 Å². The summed E-state index contributed by atoms with van der Waals surface area (Å²) in [7, 11) is 1.26. The Hall–Kier alpha value is -1.12. The van der Waals surface area contributed by atoms with Gasteiger partial charge < -0.3 is 19.1 Å². The molecule has 0 aliphatic carbocycles. The second-order valence-corrected chi connectivity index (χ2v) is 3.20. The van der Waals surface area contributed by atoms with Crippen molar-refractivity contribution in [2.24, 2.45) is 0 Å². The molecule has 5 nitrogen and oxygen atoms in total. The highest BCUT2D eigenvalue weighted by Gasteiger charge is 2.40. The molecule has 5 heteroatoms. The molecule has 1 unspecified atom stereocenters. The summed E-state index contributed by atoms with van der Waals surface area (Å²) in [5.41, 5.74) is 0. The lowest BCUT2D eigenvalue weighted by atomic mass is 10.1. The number of rotatable bonds is 3. The summed E-state index contributed by atoms with van der Waals surface area (Å²) in [4.78, 5) is 14.3. The monoisotopic (exact) mass is 199 g/mol. The zero-order valence-electron chi connectivity index (χ0n) is 8.28. The predicted octanol–water partition coefficient (Wildman–Crippen LogP) is 0.600. The lowest BCUT2D eigenvalue weighted by Crippen LogP contribution is -2.34. The molecule has 1 rings (SSSR count). The molecular formula is C9H13NO4. The van der Waals surface area contributed by atoms with Crippen molar-refractivity contribution in [2.75, 3.05) is 20.3 Å². The average molecular weight is 199 g/mol. The Kier molecular flexibility index (Phi) is 3.44. The van der Waals surface area contributed by atoms with Crippen LogP contribution in [0.3, 0.4) is 0 Å². The molecule has 0 amide bonds. The average Bonchev–Trinajstić information content (AvgIpc) is 2.61. The lowest BCUT2D eigenvalue weighted by Gasteiger charge is -2.21. The molecule has 0 radical (unpaired) electrons. The van der Waals surface area contributed by atoms with Gasteiger partial charge in [-0.15, -0.1) is 0 Å². The van der Waals surface area contributed by atoms with Crippen molar-refractivity contribution in [1.29, 1.82) is 0 Å². The van der Waals surface area contributed by atoms with E-state index >= 15 is 0 Å². The van der Waals surface area contributed by atoms with Crippen LogP contribution in [0.5, 0.6) is 0 Å². The fourth-order valence-corrected chi connectivity index (χ4v) is 1.34. The van der Waals surface area contributed by atoms with E-state index in [-0.39, 0.29) is 6.42 Å². The van der Waals surface area contributed by atoms with Gasteiger partial charge in [0, 0.05) is 0 Å². The van der Waals surface area contributed by atoms with E-state index in [1.165, 1.54) is 7.11 Å². The largest absolute Gasteiger partial charge is 0.463 e. The van der Waals surface area contributed by atoms with Gasteiger partial charge in [0.25, 0.3) is 0 Å². The maximum atomic E-state index is 11.1. The normalized spacial score (nSPS) is 21.2. The second-order valence-electron chi connectivity index (χ2n) is 3.20. The van der Waals surface area contributed by atoms with E-state index in [9.17, 15) is 4.79 Å². The first-order valence-electron chi connectivity index (χ1n) is 4.33. The number of nitrogens with zero attached hydrogens (tertiary/aromatic N) is 1. The molecule has 1 heterocycles. The van der Waals surface area contributed by atoms with Crippen molar-refractivity contribution in [3.63, 3.8) is 0 Å². The number of hydrogen-bond acceptors (Lipinski definition) is 4. The summed E-state index contributed by atoms with van der Waals surface area (Å²) < 4.78 is 15.1. The number of carbonyl (C=O) groups excluding carboxylic acids is 1. The minimum absolute atomic E-state index is 0.211. The number of carbonyl (C=O) groups is 1. The first kappa shape index (κ1) is 11.0. The molecule has 0 bridgehead atoms. The van der Waals surface area contributed by atoms with Crippen LogP contribution in [-0.4, -0.2) is 38.1 Å². The van der Waals surface area contributed by atoms with Gasteiger partial charge in [-0.05, 0) is 6.92 Å². The Morgan fingerprint density at radius 2 is 2.21 bits per heavy atom. The Labute approximate surface area is 82.8 Å². The van der Waals surface area contributed by atoms with E-state index in [0.29, 0.717) is 13.2 Å². The Balaban J connectivity index is 2.56. The van der Waals surface area contributed by atoms with Crippen molar-refractivity contribution in [3.8, 4) is 0 Å². The fraction of sp³-hybridized carbons (Fsp3) is 0.778. The third kappa shape index (κ3) is 2.44. The molecule has 1 aliphatic rings. The zero-order valence-corrected chi connectivity index (χ0v) is 8.28. The molecule has 0 N–H and O–H groups in total. The van der Waals surface area contributed by atoms with Gasteiger partial charge in [-0.25, -0.2) is 11.4 Å². The maximum absolute atomic E-state index is 11.1. The van der Waals surface area contributed by atoms with Gasteiger partial charge in [-0.2, -0.15) is 0 Å². The Bertz CT molecular complexity index is 252. The minimum atomic E-state index is -0.844. The topological polar surface area (TPSA) is 49.1 Å². The highest BCUT2D eigenvalue weighted by Crippen LogP contribution is 2.25. The maximum Gasteiger partial charge on any atom is 0.390 e. The molecule has 0 aromatic carbocycles. The van der Waals surface area contributed by atoms with Gasteiger partial charge in [-0.3, -0.25) is 0 Å². The summed E-state index contributed by atoms with van der Waals surface area (Å²) in [5, 5.41) is 0. The smallest absolute Gasteiger partial charge is 0.390 e. The quantitative estimate of drug-likeness (QED) is 0.493. The van der Waals surface area contributed by atoms with Gasteiger partial charge in [0.05, 0.1) is 26.7 Å². The number of methoxy groups -OCH3 is 1. The number of esters is 1. The zero-order chi connectivity index (χ0) is 10.6. The molecule has 0 spiro atoms. The molecular weight excluding hydrogens is 186 g/mol. The van der Waals surface area contributed by atoms with Crippen molar-refractivity contribution in [3.05, 3.63) is 11.4 Å². The minimum Gasteiger partial charge on any atom is -0.463 e. The van der Waals surface area contributed by atoms with E-state index in [1.54, 1.807) is 6.92 Å². The molecule has 1 saturated heterocycles. The van der Waals surface area contributed by atoms with Crippen LogP contribution in [0.1, 0.15) is 13.3 Å². The first-order valence-corrected chi connectivity index (χ1v) is 4.33. The van der Waals surface area contributed by atoms with Crippen LogP contribution >= 0.6 is 0 Å². The van der Waals surface area contributed by atoms with Crippen LogP contribution in [0.25, 0.3) is 4.85 Å². The van der Waals surface area contributed by atoms with Crippen LogP contribution in [0, 0.1) is 6.57 Å². The van der Waals surface area contributed by atoms with E-state index in [0.717, 1.165) is 0 Å². The van der Waals surface area contributed by atoms with Crippen molar-refractivity contribution >= 4 is 5.97 Å². The first-order chi connectivity index (χ1) is 6.61. The second kappa shape index (κ2) is 4.40. The van der Waals surface area contributed by atoms with E-state index in [4.69, 9.17) is 16.0 Å². The van der Waals surface area contributed by atoms with Crippen LogP contribution < -0.4 is 0 Å². The number of ether oxygens (including phenoxy) is 3. The molecule has 78 valence electrons. The molecule has 0 saturated carbocycles. The molecule has 1 atom stereocenters. The SMILES string of the molecule is [C-]#[N+]C(CC1(C)OCCO1)C(=O)OC. The van der Waals surface area contributed by atoms with Crippen molar-refractivity contribution < 1.29 is 19.0 Å². The highest BCUT2D eigenvalue weighted by atomic mass is 16.7. The summed E-state index contributed by atoms with van der Waals surface area (Å²) >= 11 is 0. The summed E-state index contributed by atoms with van der Waals surface area (Å²) in [6.07, 6.45) is 0.211. The van der Waals surface area contributed by atoms with Crippen LogP contribution in [-0.2, 0) is 19.0 Å². The van der Waals surface area contributed by atoms with Crippen molar-refractivity contribution in [2.45, 2.75) is 25.2 Å². The van der Waals surface area contributed by atoms with Crippen molar-refractivity contribution in [1.82, 2.24) is 0 Å². The lowest BCUT2D eigenvalue weighted by molar-refractivity contribution is -0.160. The Morgan fingerprint density at radius 1 is 1.64 bits per heavy atom. The van der Waals surface area contributed by atoms with Crippen LogP contribution in [0.2, 0.25) is 0 Å². The highest BCUT2D eigenvalue weighted by molar-refractivity contribution is 5.77. The molecule has 1 fully saturated rings. The third-order valence-electron chi connectivity index (χ3n) is 2.09. The fourth-order valence-electron chi connectivity index (χ4n) is 1.34. The van der Waals surface area contributed by atoms with Gasteiger partial charge in [0.2, 0.25) is 0 Å². The molecule has 0 aromatic rings. The van der Waals surface area contributed by atoms with Gasteiger partial charge >= 0.3 is 12.0 Å². The molecule has 0 aromatic heterocycles. The standard InChI is InChI=1S/C9H13NO4/c1-9(13-4-5-14-9)6-7(10-2)8(11)12-3/h7H,4-6H2,1,3H3. The summed E-state index contributed by atoms with van der Waals surface area (Å²) in [5.74, 6) is -1.36. The van der Waals surface area contributed by atoms with Gasteiger partial charge in [0.1, 0.15) is 0 Å². The Morgan fingerprint density at radius 3 is 2.64 bits per heavy atom. The predicted molar refractivity (Wildman–Crippen MR) is 47.3 cm³/mol. The summed E-state index contributed by atoms with van der Waals surface area (Å²) in [6, 6.07) is -0.844.